The molecule has 6 fully saturated rings. The highest BCUT2D eigenvalue weighted by molar-refractivity contribution is 5.31. The molecule has 3 saturated carbocycles. The Morgan fingerprint density at radius 3 is 1.95 bits per heavy atom. The van der Waals surface area contributed by atoms with Crippen LogP contribution in [0.15, 0.2) is 11.6 Å². The molecule has 328 valence electrons. The van der Waals surface area contributed by atoms with Crippen molar-refractivity contribution < 1.29 is 73.3 Å². The molecule has 7 rings (SSSR count). The quantitative estimate of drug-likeness (QED) is 0.175. The predicted molar refractivity (Wildman–Crippen MR) is 202 cm³/mol. The van der Waals surface area contributed by atoms with Crippen LogP contribution in [0, 0.1) is 28.6 Å². The Hall–Kier alpha value is -0.860. The van der Waals surface area contributed by atoms with Gasteiger partial charge < -0.3 is 73.3 Å². The molecule has 0 bridgehead atoms. The zero-order chi connectivity index (χ0) is 41.4. The van der Waals surface area contributed by atoms with E-state index in [0.717, 1.165) is 12.8 Å². The second-order valence-electron chi connectivity index (χ2n) is 18.7. The molecule has 0 spiro atoms. The van der Waals surface area contributed by atoms with Gasteiger partial charge in [0, 0.05) is 45.5 Å². The molecule has 4 aliphatic carbocycles. The van der Waals surface area contributed by atoms with Gasteiger partial charge in [0.05, 0.1) is 60.5 Å². The maximum atomic E-state index is 12.4. The van der Waals surface area contributed by atoms with Gasteiger partial charge in [-0.25, -0.2) is 0 Å². The van der Waals surface area contributed by atoms with Crippen LogP contribution in [0.25, 0.3) is 0 Å². The smallest absolute Gasteiger partial charge is 0.187 e. The van der Waals surface area contributed by atoms with E-state index in [4.69, 9.17) is 42.6 Å². The van der Waals surface area contributed by atoms with E-state index in [1.165, 1.54) is 12.7 Å². The Morgan fingerprint density at radius 2 is 1.35 bits per heavy atom. The fourth-order valence-corrected chi connectivity index (χ4v) is 12.5. The molecule has 0 aromatic carbocycles. The van der Waals surface area contributed by atoms with Gasteiger partial charge in [-0.2, -0.15) is 0 Å². The second kappa shape index (κ2) is 16.8. The predicted octanol–water partition coefficient (Wildman–Crippen LogP) is 1.94. The molecule has 57 heavy (non-hydrogen) atoms. The van der Waals surface area contributed by atoms with Gasteiger partial charge in [0.1, 0.15) is 30.5 Å². The van der Waals surface area contributed by atoms with Gasteiger partial charge in [-0.3, -0.25) is 0 Å². The van der Waals surface area contributed by atoms with Crippen molar-refractivity contribution >= 4 is 0 Å². The summed E-state index contributed by atoms with van der Waals surface area (Å²) < 4.78 is 55.4. The molecule has 6 N–H and O–H groups in total. The summed E-state index contributed by atoms with van der Waals surface area (Å²) in [6, 6.07) is 0. The molecule has 15 nitrogen and oxygen atoms in total. The maximum Gasteiger partial charge on any atom is 0.187 e. The van der Waals surface area contributed by atoms with E-state index in [0.29, 0.717) is 38.5 Å². The lowest BCUT2D eigenvalue weighted by Crippen LogP contribution is -2.71. The molecule has 3 aliphatic heterocycles. The van der Waals surface area contributed by atoms with Crippen LogP contribution in [0.3, 0.4) is 0 Å². The van der Waals surface area contributed by atoms with Crippen molar-refractivity contribution in [1.82, 2.24) is 0 Å². The third-order valence-electron chi connectivity index (χ3n) is 15.8. The SMILES string of the molecule is CO[C@H]1[C@H](O[C@H]2[C@@H](OC)C[C@H](O[C@H]3[C@@H](OC)C[C@H](O[C@H]4CC[C@@]5(C)C(=CC[C@@H]6[C@@H]5[C@H](O)[C@@H](O)[C@]5(C)[C@@H]([C@@H](C)O)CC[C@]65O)C4)O[C@@H]3C)O[C@@H]2C)O[C@H](C)[C@@H](O)[C@H]1O. The molecule has 0 aromatic heterocycles. The molecule has 3 saturated heterocycles. The minimum atomic E-state index is -1.19. The zero-order valence-corrected chi connectivity index (χ0v) is 35.1. The van der Waals surface area contributed by atoms with Crippen molar-refractivity contribution in [2.45, 2.75) is 203 Å². The first-order valence-corrected chi connectivity index (χ1v) is 21.3. The summed E-state index contributed by atoms with van der Waals surface area (Å²) in [4.78, 5) is 0. The first kappa shape index (κ1) is 44.2. The largest absolute Gasteiger partial charge is 0.393 e. The molecular formula is C42H70O15. The van der Waals surface area contributed by atoms with E-state index in [-0.39, 0.29) is 30.0 Å². The van der Waals surface area contributed by atoms with Gasteiger partial charge in [-0.05, 0) is 83.5 Å². The number of hydrogen-bond acceptors (Lipinski definition) is 15. The van der Waals surface area contributed by atoms with Crippen molar-refractivity contribution in [2.75, 3.05) is 21.3 Å². The zero-order valence-electron chi connectivity index (χ0n) is 35.1. The van der Waals surface area contributed by atoms with E-state index < -0.39 is 109 Å². The molecule has 0 radical (unpaired) electrons. The van der Waals surface area contributed by atoms with E-state index in [1.807, 2.05) is 20.8 Å². The topological polar surface area (TPSA) is 204 Å². The summed E-state index contributed by atoms with van der Waals surface area (Å²) in [5.41, 5.74) is -1.43. The van der Waals surface area contributed by atoms with Crippen molar-refractivity contribution in [3.8, 4) is 0 Å². The van der Waals surface area contributed by atoms with Gasteiger partial charge in [0.2, 0.25) is 0 Å². The van der Waals surface area contributed by atoms with Crippen LogP contribution in [0.5, 0.6) is 0 Å². The summed E-state index contributed by atoms with van der Waals surface area (Å²) in [5.74, 6) is -0.849. The van der Waals surface area contributed by atoms with Gasteiger partial charge in [0.25, 0.3) is 0 Å². The number of aliphatic hydroxyl groups excluding tert-OH is 5. The number of fused-ring (bicyclic) bond motifs is 5. The molecule has 0 amide bonds. The van der Waals surface area contributed by atoms with Crippen LogP contribution in [-0.2, 0) is 42.6 Å². The average Bonchev–Trinajstić information content (AvgIpc) is 3.46. The highest BCUT2D eigenvalue weighted by Crippen LogP contribution is 2.68. The molecule has 15 heteroatoms. The van der Waals surface area contributed by atoms with Crippen LogP contribution in [0.2, 0.25) is 0 Å². The number of methoxy groups -OCH3 is 3. The van der Waals surface area contributed by atoms with Gasteiger partial charge >= 0.3 is 0 Å². The molecule has 7 aliphatic rings. The average molecular weight is 815 g/mol. The summed E-state index contributed by atoms with van der Waals surface area (Å²) in [5, 5.41) is 67.4. The maximum absolute atomic E-state index is 12.4. The van der Waals surface area contributed by atoms with Crippen LogP contribution < -0.4 is 0 Å². The Bertz CT molecular complexity index is 1420. The number of rotatable bonds is 10. The standard InChI is InChI=1S/C42H70O15/c1-19(43)25-13-15-42(48)26-11-10-23-16-24(12-14-40(23,5)31(26)33(45)38(47)41(25,42)6)55-29-17-27(49-7)35(21(3)52-29)56-30-18-28(50-8)36(22(4)53-30)57-39-37(51-9)34(46)32(44)20(2)54-39/h10,19-22,24-39,43-48H,11-18H2,1-9H3/t19-,20-,21-,22-,24+,25-,26-,27+,28+,29+,30+,31-,32-,33+,34-,35-,36-,37-,38-,39+,40+,41+,42+/m1/s1. The first-order chi connectivity index (χ1) is 26.9. The lowest BCUT2D eigenvalue weighted by molar-refractivity contribution is -0.352. The number of ether oxygens (including phenoxy) is 9. The molecule has 0 aromatic rings. The number of allylic oxidation sites excluding steroid dienone is 1. The van der Waals surface area contributed by atoms with Crippen molar-refractivity contribution in [3.63, 3.8) is 0 Å². The molecular weight excluding hydrogens is 744 g/mol. The molecule has 3 heterocycles. The molecule has 23 atom stereocenters. The van der Waals surface area contributed by atoms with Crippen LogP contribution in [-0.4, -0.2) is 162 Å². The van der Waals surface area contributed by atoms with Gasteiger partial charge in [-0.15, -0.1) is 0 Å². The second-order valence-corrected chi connectivity index (χ2v) is 18.7. The van der Waals surface area contributed by atoms with Crippen molar-refractivity contribution in [2.24, 2.45) is 28.6 Å². The lowest BCUT2D eigenvalue weighted by atomic mass is 9.44. The highest BCUT2D eigenvalue weighted by atomic mass is 16.8. The summed E-state index contributed by atoms with van der Waals surface area (Å²) in [6.45, 7) is 11.2. The summed E-state index contributed by atoms with van der Waals surface area (Å²) in [6.07, 6.45) is -4.91. The van der Waals surface area contributed by atoms with E-state index in [2.05, 4.69) is 13.0 Å². The monoisotopic (exact) mass is 814 g/mol. The fraction of sp³-hybridized carbons (Fsp3) is 0.952. The summed E-state index contributed by atoms with van der Waals surface area (Å²) in [7, 11) is 4.67. The number of aliphatic hydroxyl groups is 6. The van der Waals surface area contributed by atoms with E-state index >= 15 is 0 Å². The third kappa shape index (κ3) is 7.39. The van der Waals surface area contributed by atoms with Crippen LogP contribution in [0.1, 0.15) is 92.9 Å². The minimum Gasteiger partial charge on any atom is -0.393 e. The van der Waals surface area contributed by atoms with E-state index in [1.54, 1.807) is 28.1 Å². The fourth-order valence-electron chi connectivity index (χ4n) is 12.5. The molecule has 0 unspecified atom stereocenters. The third-order valence-corrected chi connectivity index (χ3v) is 15.8. The van der Waals surface area contributed by atoms with E-state index in [9.17, 15) is 30.6 Å². The Morgan fingerprint density at radius 1 is 0.737 bits per heavy atom. The van der Waals surface area contributed by atoms with Gasteiger partial charge in [0.15, 0.2) is 18.9 Å². The highest BCUT2D eigenvalue weighted by Gasteiger charge is 2.72. The number of hydrogen-bond donors (Lipinski definition) is 6. The Balaban J connectivity index is 0.963. The summed E-state index contributed by atoms with van der Waals surface area (Å²) >= 11 is 0. The van der Waals surface area contributed by atoms with Crippen LogP contribution >= 0.6 is 0 Å². The van der Waals surface area contributed by atoms with Crippen molar-refractivity contribution in [1.29, 1.82) is 0 Å². The van der Waals surface area contributed by atoms with Gasteiger partial charge in [-0.1, -0.05) is 25.5 Å². The lowest BCUT2D eigenvalue weighted by Gasteiger charge is -2.64. The Labute approximate surface area is 337 Å². The van der Waals surface area contributed by atoms with Crippen molar-refractivity contribution in [3.05, 3.63) is 11.6 Å². The van der Waals surface area contributed by atoms with Crippen LogP contribution in [0.4, 0.5) is 0 Å². The Kier molecular flexibility index (Phi) is 13.0. The minimum absolute atomic E-state index is 0.127. The normalized spacial score (nSPS) is 54.6. The first-order valence-electron chi connectivity index (χ1n) is 21.3.